The molecule has 0 N–H and O–H groups in total. The highest BCUT2D eigenvalue weighted by atomic mass is 79.9. The standard InChI is InChI=1S/C26H32BrN3O2/c27-23-13-11-22(12-14-23)25(31)30-18-5-10-24(30)26(32)29-17-6-16-28(19-20-29)15-4-9-21-7-2-1-3-8-21/h1-3,7-8,11-14,24H,4-6,9-10,15-20H2. The van der Waals surface area contributed by atoms with Crippen molar-refractivity contribution in [2.24, 2.45) is 0 Å². The monoisotopic (exact) mass is 497 g/mol. The van der Waals surface area contributed by atoms with E-state index in [4.69, 9.17) is 0 Å². The first-order chi connectivity index (χ1) is 15.6. The molecule has 0 radical (unpaired) electrons. The molecule has 6 heteroatoms. The van der Waals surface area contributed by atoms with Gasteiger partial charge in [0.2, 0.25) is 5.91 Å². The Morgan fingerprint density at radius 2 is 1.66 bits per heavy atom. The van der Waals surface area contributed by atoms with Crippen LogP contribution >= 0.6 is 15.9 Å². The van der Waals surface area contributed by atoms with E-state index in [9.17, 15) is 9.59 Å². The van der Waals surface area contributed by atoms with Crippen molar-refractivity contribution in [1.82, 2.24) is 14.7 Å². The molecule has 2 aromatic rings. The summed E-state index contributed by atoms with van der Waals surface area (Å²) < 4.78 is 0.945. The fourth-order valence-corrected chi connectivity index (χ4v) is 5.07. The second-order valence-electron chi connectivity index (χ2n) is 8.77. The van der Waals surface area contributed by atoms with Crippen LogP contribution in [-0.4, -0.2) is 71.8 Å². The number of halogens is 1. The Morgan fingerprint density at radius 3 is 2.44 bits per heavy atom. The molecule has 2 saturated heterocycles. The summed E-state index contributed by atoms with van der Waals surface area (Å²) in [4.78, 5) is 32.7. The number of aryl methyl sites for hydroxylation is 1. The minimum atomic E-state index is -0.323. The quantitative estimate of drug-likeness (QED) is 0.599. The summed E-state index contributed by atoms with van der Waals surface area (Å²) in [5.41, 5.74) is 2.03. The third-order valence-corrected chi connectivity index (χ3v) is 7.10. The first-order valence-corrected chi connectivity index (χ1v) is 12.5. The molecule has 2 aliphatic rings. The maximum Gasteiger partial charge on any atom is 0.254 e. The topological polar surface area (TPSA) is 43.9 Å². The maximum atomic E-state index is 13.4. The van der Waals surface area contributed by atoms with Crippen LogP contribution in [0.25, 0.3) is 0 Å². The van der Waals surface area contributed by atoms with Gasteiger partial charge in [0.1, 0.15) is 6.04 Å². The molecule has 0 bridgehead atoms. The van der Waals surface area contributed by atoms with E-state index < -0.39 is 0 Å². The second kappa shape index (κ2) is 11.1. The third-order valence-electron chi connectivity index (χ3n) is 6.57. The lowest BCUT2D eigenvalue weighted by Crippen LogP contribution is -2.48. The molecule has 2 aromatic carbocycles. The zero-order valence-corrected chi connectivity index (χ0v) is 20.2. The summed E-state index contributed by atoms with van der Waals surface area (Å²) in [6.45, 7) is 5.20. The summed E-state index contributed by atoms with van der Waals surface area (Å²) >= 11 is 3.42. The predicted molar refractivity (Wildman–Crippen MR) is 131 cm³/mol. The molecular formula is C26H32BrN3O2. The van der Waals surface area contributed by atoms with E-state index in [0.29, 0.717) is 12.1 Å². The molecule has 0 aromatic heterocycles. The normalized spacial score (nSPS) is 19.7. The Labute approximate surface area is 199 Å². The molecule has 2 aliphatic heterocycles. The Morgan fingerprint density at radius 1 is 0.875 bits per heavy atom. The van der Waals surface area contributed by atoms with Gasteiger partial charge >= 0.3 is 0 Å². The fraction of sp³-hybridized carbons (Fsp3) is 0.462. The van der Waals surface area contributed by atoms with Crippen molar-refractivity contribution in [2.45, 2.75) is 38.1 Å². The molecule has 5 nitrogen and oxygen atoms in total. The average Bonchev–Trinajstić information content (AvgIpc) is 3.19. The molecule has 1 atom stereocenters. The lowest BCUT2D eigenvalue weighted by molar-refractivity contribution is -0.135. The highest BCUT2D eigenvalue weighted by molar-refractivity contribution is 9.10. The van der Waals surface area contributed by atoms with Crippen molar-refractivity contribution in [3.63, 3.8) is 0 Å². The predicted octanol–water partition coefficient (Wildman–Crippen LogP) is 4.22. The molecule has 32 heavy (non-hydrogen) atoms. The molecule has 2 amide bonds. The van der Waals surface area contributed by atoms with Gasteiger partial charge < -0.3 is 14.7 Å². The highest BCUT2D eigenvalue weighted by Crippen LogP contribution is 2.23. The molecule has 1 unspecified atom stereocenters. The van der Waals surface area contributed by atoms with Crippen LogP contribution in [0.1, 0.15) is 41.6 Å². The number of carbonyl (C=O) groups excluding carboxylic acids is 2. The van der Waals surface area contributed by atoms with Crippen molar-refractivity contribution >= 4 is 27.7 Å². The van der Waals surface area contributed by atoms with Gasteiger partial charge in [-0.15, -0.1) is 0 Å². The van der Waals surface area contributed by atoms with Crippen LogP contribution in [0.2, 0.25) is 0 Å². The van der Waals surface area contributed by atoms with E-state index in [-0.39, 0.29) is 17.9 Å². The number of benzene rings is 2. The lowest BCUT2D eigenvalue weighted by atomic mass is 10.1. The summed E-state index contributed by atoms with van der Waals surface area (Å²) in [7, 11) is 0. The van der Waals surface area contributed by atoms with Gasteiger partial charge in [0.15, 0.2) is 0 Å². The zero-order valence-electron chi connectivity index (χ0n) is 18.6. The molecule has 2 heterocycles. The number of rotatable bonds is 6. The highest BCUT2D eigenvalue weighted by Gasteiger charge is 2.37. The van der Waals surface area contributed by atoms with E-state index in [0.717, 1.165) is 69.3 Å². The van der Waals surface area contributed by atoms with Crippen molar-refractivity contribution in [1.29, 1.82) is 0 Å². The van der Waals surface area contributed by atoms with Crippen LogP contribution in [0.15, 0.2) is 59.1 Å². The van der Waals surface area contributed by atoms with Crippen molar-refractivity contribution in [3.8, 4) is 0 Å². The van der Waals surface area contributed by atoms with Crippen LogP contribution in [0.5, 0.6) is 0 Å². The summed E-state index contributed by atoms with van der Waals surface area (Å²) in [5.74, 6) is 0.0878. The van der Waals surface area contributed by atoms with Gasteiger partial charge in [0.05, 0.1) is 0 Å². The Balaban J connectivity index is 1.30. The number of amides is 2. The SMILES string of the molecule is O=C(C1CCCN1C(=O)c1ccc(Br)cc1)N1CCCN(CCCc2ccccc2)CC1. The van der Waals surface area contributed by atoms with E-state index in [2.05, 4.69) is 51.2 Å². The smallest absolute Gasteiger partial charge is 0.254 e. The van der Waals surface area contributed by atoms with Gasteiger partial charge in [-0.25, -0.2) is 0 Å². The molecule has 170 valence electrons. The van der Waals surface area contributed by atoms with Gasteiger partial charge in [-0.05, 0) is 75.0 Å². The molecule has 0 aliphatic carbocycles. The summed E-state index contributed by atoms with van der Waals surface area (Å²) in [5, 5.41) is 0. The third kappa shape index (κ3) is 5.78. The number of hydrogen-bond donors (Lipinski definition) is 0. The van der Waals surface area contributed by atoms with Gasteiger partial charge in [-0.3, -0.25) is 9.59 Å². The van der Waals surface area contributed by atoms with E-state index in [1.54, 1.807) is 4.90 Å². The van der Waals surface area contributed by atoms with Crippen LogP contribution < -0.4 is 0 Å². The van der Waals surface area contributed by atoms with Gasteiger partial charge in [0.25, 0.3) is 5.91 Å². The lowest BCUT2D eigenvalue weighted by Gasteiger charge is -2.30. The first kappa shape index (κ1) is 23.0. The van der Waals surface area contributed by atoms with E-state index in [1.165, 1.54) is 5.56 Å². The minimum absolute atomic E-state index is 0.0364. The molecular weight excluding hydrogens is 466 g/mol. The number of nitrogens with zero attached hydrogens (tertiary/aromatic N) is 3. The second-order valence-corrected chi connectivity index (χ2v) is 9.69. The van der Waals surface area contributed by atoms with Crippen LogP contribution in [0.3, 0.4) is 0 Å². The van der Waals surface area contributed by atoms with Crippen molar-refractivity contribution < 1.29 is 9.59 Å². The number of likely N-dealkylation sites (tertiary alicyclic amines) is 1. The van der Waals surface area contributed by atoms with E-state index in [1.807, 2.05) is 29.2 Å². The summed E-state index contributed by atoms with van der Waals surface area (Å²) in [6, 6.07) is 17.7. The Hall–Kier alpha value is -2.18. The maximum absolute atomic E-state index is 13.4. The van der Waals surface area contributed by atoms with Crippen LogP contribution in [0, 0.1) is 0 Å². The van der Waals surface area contributed by atoms with Gasteiger partial charge in [0, 0.05) is 36.2 Å². The Bertz CT molecular complexity index is 903. The van der Waals surface area contributed by atoms with Crippen LogP contribution in [0.4, 0.5) is 0 Å². The zero-order chi connectivity index (χ0) is 22.3. The van der Waals surface area contributed by atoms with Crippen LogP contribution in [-0.2, 0) is 11.2 Å². The summed E-state index contributed by atoms with van der Waals surface area (Å²) in [6.07, 6.45) is 4.87. The first-order valence-electron chi connectivity index (χ1n) is 11.7. The van der Waals surface area contributed by atoms with Crippen molar-refractivity contribution in [2.75, 3.05) is 39.3 Å². The Kier molecular flexibility index (Phi) is 7.98. The van der Waals surface area contributed by atoms with Crippen molar-refractivity contribution in [3.05, 3.63) is 70.2 Å². The fourth-order valence-electron chi connectivity index (χ4n) is 4.80. The molecule has 2 fully saturated rings. The average molecular weight is 498 g/mol. The van der Waals surface area contributed by atoms with Gasteiger partial charge in [-0.2, -0.15) is 0 Å². The molecule has 0 saturated carbocycles. The largest absolute Gasteiger partial charge is 0.340 e. The minimum Gasteiger partial charge on any atom is -0.340 e. The molecule has 0 spiro atoms. The number of carbonyl (C=O) groups is 2. The van der Waals surface area contributed by atoms with Gasteiger partial charge in [-0.1, -0.05) is 46.3 Å². The number of hydrogen-bond acceptors (Lipinski definition) is 3. The molecule has 4 rings (SSSR count). The van der Waals surface area contributed by atoms with E-state index >= 15 is 0 Å².